The van der Waals surface area contributed by atoms with E-state index in [0.717, 1.165) is 35.5 Å². The minimum Gasteiger partial charge on any atom is -0.478 e. The van der Waals surface area contributed by atoms with Crippen LogP contribution in [0, 0.1) is 6.92 Å². The van der Waals surface area contributed by atoms with Crippen LogP contribution in [0.25, 0.3) is 10.2 Å². The Morgan fingerprint density at radius 3 is 2.92 bits per heavy atom. The van der Waals surface area contributed by atoms with Crippen LogP contribution in [0.5, 0.6) is 0 Å². The molecule has 1 aliphatic rings. The van der Waals surface area contributed by atoms with Gasteiger partial charge in [0.25, 0.3) is 0 Å². The molecule has 0 fully saturated rings. The number of rotatable bonds is 4. The molecule has 122 valence electrons. The van der Waals surface area contributed by atoms with E-state index in [1.54, 1.807) is 17.4 Å². The number of benzene rings is 2. The van der Waals surface area contributed by atoms with E-state index in [1.807, 2.05) is 19.1 Å². The first-order valence-corrected chi connectivity index (χ1v) is 8.85. The first-order chi connectivity index (χ1) is 11.6. The molecule has 1 aromatic heterocycles. The number of thiazole rings is 1. The summed E-state index contributed by atoms with van der Waals surface area (Å²) in [4.78, 5) is 15.6. The Hall–Kier alpha value is -2.24. The molecule has 0 spiro atoms. The number of fused-ring (bicyclic) bond motifs is 2. The Balaban J connectivity index is 1.43. The lowest BCUT2D eigenvalue weighted by Crippen LogP contribution is -2.28. The van der Waals surface area contributed by atoms with Crippen LogP contribution in [0.15, 0.2) is 36.4 Å². The van der Waals surface area contributed by atoms with Crippen molar-refractivity contribution in [2.75, 3.05) is 0 Å². The molecule has 0 saturated carbocycles. The van der Waals surface area contributed by atoms with Gasteiger partial charge in [0.2, 0.25) is 0 Å². The molecule has 1 aliphatic carbocycles. The minimum atomic E-state index is -0.859. The summed E-state index contributed by atoms with van der Waals surface area (Å²) >= 11 is 1.72. The SMILES string of the molecule is Cc1nc2ccc(CNC3Cc4ccc(C(=O)O)cc4C3)cc2s1. The predicted molar refractivity (Wildman–Crippen MR) is 95.8 cm³/mol. The number of carboxylic acid groups (broad SMARTS) is 1. The lowest BCUT2D eigenvalue weighted by atomic mass is 10.1. The van der Waals surface area contributed by atoms with Crippen molar-refractivity contribution in [3.05, 3.63) is 63.7 Å². The largest absolute Gasteiger partial charge is 0.478 e. The van der Waals surface area contributed by atoms with Gasteiger partial charge in [-0.25, -0.2) is 9.78 Å². The van der Waals surface area contributed by atoms with Gasteiger partial charge in [0.15, 0.2) is 0 Å². The molecule has 0 aliphatic heterocycles. The van der Waals surface area contributed by atoms with Gasteiger partial charge in [0.05, 0.1) is 20.8 Å². The minimum absolute atomic E-state index is 0.364. The van der Waals surface area contributed by atoms with Crippen molar-refractivity contribution in [1.82, 2.24) is 10.3 Å². The molecule has 4 rings (SSSR count). The highest BCUT2D eigenvalue weighted by atomic mass is 32.1. The third-order valence-electron chi connectivity index (χ3n) is 4.54. The molecule has 0 bridgehead atoms. The topological polar surface area (TPSA) is 62.2 Å². The molecular formula is C19H18N2O2S. The lowest BCUT2D eigenvalue weighted by Gasteiger charge is -2.11. The first kappa shape index (κ1) is 15.3. The fourth-order valence-corrected chi connectivity index (χ4v) is 4.24. The molecule has 3 aromatic rings. The molecule has 0 radical (unpaired) electrons. The average Bonchev–Trinajstić information content (AvgIpc) is 3.13. The Labute approximate surface area is 144 Å². The highest BCUT2D eigenvalue weighted by molar-refractivity contribution is 7.18. The molecular weight excluding hydrogens is 320 g/mol. The van der Waals surface area contributed by atoms with Crippen LogP contribution in [-0.2, 0) is 19.4 Å². The van der Waals surface area contributed by atoms with Crippen molar-refractivity contribution in [3.8, 4) is 0 Å². The molecule has 5 heteroatoms. The number of carboxylic acids is 1. The van der Waals surface area contributed by atoms with E-state index in [0.29, 0.717) is 11.6 Å². The number of aromatic nitrogens is 1. The summed E-state index contributed by atoms with van der Waals surface area (Å²) in [7, 11) is 0. The second-order valence-electron chi connectivity index (χ2n) is 6.31. The van der Waals surface area contributed by atoms with E-state index < -0.39 is 5.97 Å². The maximum absolute atomic E-state index is 11.1. The molecule has 1 atom stereocenters. The van der Waals surface area contributed by atoms with Crippen LogP contribution < -0.4 is 5.32 Å². The number of hydrogen-bond donors (Lipinski definition) is 2. The summed E-state index contributed by atoms with van der Waals surface area (Å²) in [6.07, 6.45) is 1.84. The van der Waals surface area contributed by atoms with Crippen LogP contribution in [0.2, 0.25) is 0 Å². The van der Waals surface area contributed by atoms with E-state index in [9.17, 15) is 4.79 Å². The molecule has 4 nitrogen and oxygen atoms in total. The summed E-state index contributed by atoms with van der Waals surface area (Å²) in [6, 6.07) is 12.2. The molecule has 2 aromatic carbocycles. The summed E-state index contributed by atoms with van der Waals surface area (Å²) in [5.41, 5.74) is 5.11. The van der Waals surface area contributed by atoms with Crippen LogP contribution in [-0.4, -0.2) is 22.1 Å². The Morgan fingerprint density at radius 2 is 2.08 bits per heavy atom. The van der Waals surface area contributed by atoms with Crippen molar-refractivity contribution in [1.29, 1.82) is 0 Å². The van der Waals surface area contributed by atoms with Crippen LogP contribution in [0.3, 0.4) is 0 Å². The first-order valence-electron chi connectivity index (χ1n) is 8.03. The normalized spacial score (nSPS) is 16.5. The maximum Gasteiger partial charge on any atom is 0.335 e. The zero-order valence-corrected chi connectivity index (χ0v) is 14.2. The number of aryl methyl sites for hydroxylation is 1. The van der Waals surface area contributed by atoms with Gasteiger partial charge in [-0.15, -0.1) is 11.3 Å². The zero-order valence-electron chi connectivity index (χ0n) is 13.4. The summed E-state index contributed by atoms with van der Waals surface area (Å²) in [5.74, 6) is -0.859. The second-order valence-corrected chi connectivity index (χ2v) is 7.54. The molecule has 24 heavy (non-hydrogen) atoms. The van der Waals surface area contributed by atoms with E-state index in [2.05, 4.69) is 28.5 Å². The Morgan fingerprint density at radius 1 is 1.25 bits per heavy atom. The summed E-state index contributed by atoms with van der Waals surface area (Å²) in [5, 5.41) is 13.8. The van der Waals surface area contributed by atoms with Gasteiger partial charge >= 0.3 is 5.97 Å². The second kappa shape index (κ2) is 6.00. The summed E-state index contributed by atoms with van der Waals surface area (Å²) in [6.45, 7) is 2.85. The highest BCUT2D eigenvalue weighted by Crippen LogP contribution is 2.25. The monoisotopic (exact) mass is 338 g/mol. The van der Waals surface area contributed by atoms with Gasteiger partial charge in [-0.3, -0.25) is 0 Å². The maximum atomic E-state index is 11.1. The van der Waals surface area contributed by atoms with E-state index in [-0.39, 0.29) is 0 Å². The van der Waals surface area contributed by atoms with Crippen molar-refractivity contribution >= 4 is 27.5 Å². The average molecular weight is 338 g/mol. The standard InChI is InChI=1S/C19H18N2O2S/c1-11-21-17-5-2-12(6-18(17)24-11)10-20-16-8-13-3-4-14(19(22)23)7-15(13)9-16/h2-7,16,20H,8-10H2,1H3,(H,22,23). The fourth-order valence-electron chi connectivity index (χ4n) is 3.35. The zero-order chi connectivity index (χ0) is 16.7. The quantitative estimate of drug-likeness (QED) is 0.763. The molecule has 1 unspecified atom stereocenters. The van der Waals surface area contributed by atoms with Gasteiger partial charge in [-0.1, -0.05) is 12.1 Å². The van der Waals surface area contributed by atoms with Gasteiger partial charge in [-0.2, -0.15) is 0 Å². The van der Waals surface area contributed by atoms with Gasteiger partial charge in [0, 0.05) is 12.6 Å². The third-order valence-corrected chi connectivity index (χ3v) is 5.47. The lowest BCUT2D eigenvalue weighted by molar-refractivity contribution is 0.0697. The molecule has 1 heterocycles. The molecule has 0 saturated heterocycles. The number of hydrogen-bond acceptors (Lipinski definition) is 4. The van der Waals surface area contributed by atoms with Crippen molar-refractivity contribution < 1.29 is 9.90 Å². The number of carbonyl (C=O) groups is 1. The number of aromatic carboxylic acids is 1. The smallest absolute Gasteiger partial charge is 0.335 e. The highest BCUT2D eigenvalue weighted by Gasteiger charge is 2.22. The van der Waals surface area contributed by atoms with Gasteiger partial charge in [-0.05, 0) is 60.7 Å². The van der Waals surface area contributed by atoms with Crippen LogP contribution in [0.4, 0.5) is 0 Å². The summed E-state index contributed by atoms with van der Waals surface area (Å²) < 4.78 is 1.23. The fraction of sp³-hybridized carbons (Fsp3) is 0.263. The van der Waals surface area contributed by atoms with Crippen molar-refractivity contribution in [2.45, 2.75) is 32.4 Å². The van der Waals surface area contributed by atoms with Crippen LogP contribution >= 0.6 is 11.3 Å². The van der Waals surface area contributed by atoms with Crippen molar-refractivity contribution in [3.63, 3.8) is 0 Å². The molecule has 2 N–H and O–H groups in total. The third kappa shape index (κ3) is 2.92. The van der Waals surface area contributed by atoms with Gasteiger partial charge in [0.1, 0.15) is 0 Å². The van der Waals surface area contributed by atoms with Crippen LogP contribution in [0.1, 0.15) is 32.1 Å². The Kier molecular flexibility index (Phi) is 3.82. The van der Waals surface area contributed by atoms with E-state index in [4.69, 9.17) is 5.11 Å². The molecule has 0 amide bonds. The predicted octanol–water partition coefficient (Wildman–Crippen LogP) is 3.56. The van der Waals surface area contributed by atoms with E-state index in [1.165, 1.54) is 15.8 Å². The number of nitrogens with one attached hydrogen (secondary N) is 1. The Bertz CT molecular complexity index is 932. The van der Waals surface area contributed by atoms with E-state index >= 15 is 0 Å². The van der Waals surface area contributed by atoms with Crippen molar-refractivity contribution in [2.24, 2.45) is 0 Å². The number of nitrogens with zero attached hydrogens (tertiary/aromatic N) is 1. The van der Waals surface area contributed by atoms with Gasteiger partial charge < -0.3 is 10.4 Å².